The number of benzene rings is 1. The minimum Gasteiger partial charge on any atom is -0.491 e. The Morgan fingerprint density at radius 2 is 1.92 bits per heavy atom. The summed E-state index contributed by atoms with van der Waals surface area (Å²) in [7, 11) is 4.27. The summed E-state index contributed by atoms with van der Waals surface area (Å²) >= 11 is 0. The number of ether oxygens (including phenoxy) is 1. The first-order chi connectivity index (χ1) is 11.5. The van der Waals surface area contributed by atoms with Gasteiger partial charge in [-0.2, -0.15) is 0 Å². The molecule has 24 heavy (non-hydrogen) atoms. The average molecular weight is 328 g/mol. The summed E-state index contributed by atoms with van der Waals surface area (Å²) in [6, 6.07) is 8.99. The molecular formula is C19H28N4O. The zero-order valence-corrected chi connectivity index (χ0v) is 15.1. The molecule has 1 aliphatic rings. The van der Waals surface area contributed by atoms with Gasteiger partial charge in [0.15, 0.2) is 0 Å². The number of imidazole rings is 1. The van der Waals surface area contributed by atoms with E-state index in [9.17, 15) is 0 Å². The van der Waals surface area contributed by atoms with E-state index < -0.39 is 0 Å². The summed E-state index contributed by atoms with van der Waals surface area (Å²) in [6.07, 6.45) is 4.05. The van der Waals surface area contributed by atoms with Crippen LogP contribution in [0.25, 0.3) is 0 Å². The molecule has 2 heterocycles. The molecule has 0 aliphatic carbocycles. The van der Waals surface area contributed by atoms with Crippen molar-refractivity contribution in [3.05, 3.63) is 48.0 Å². The van der Waals surface area contributed by atoms with Gasteiger partial charge in [-0.05, 0) is 38.6 Å². The molecule has 5 heteroatoms. The zero-order chi connectivity index (χ0) is 17.1. The lowest BCUT2D eigenvalue weighted by molar-refractivity contribution is 0.0889. The van der Waals surface area contributed by atoms with E-state index in [2.05, 4.69) is 71.6 Å². The Balaban J connectivity index is 1.68. The third-order valence-electron chi connectivity index (χ3n) is 4.67. The lowest BCUT2D eigenvalue weighted by atomic mass is 10.0. The number of rotatable bonds is 5. The number of hydrogen-bond acceptors (Lipinski definition) is 4. The maximum absolute atomic E-state index is 5.75. The van der Waals surface area contributed by atoms with Gasteiger partial charge in [0, 0.05) is 45.5 Å². The highest BCUT2D eigenvalue weighted by Gasteiger charge is 2.26. The summed E-state index contributed by atoms with van der Waals surface area (Å²) in [5.74, 6) is 0.943. The van der Waals surface area contributed by atoms with Crippen molar-refractivity contribution >= 4 is 0 Å². The van der Waals surface area contributed by atoms with E-state index in [0.717, 1.165) is 31.9 Å². The van der Waals surface area contributed by atoms with Crippen LogP contribution in [0.4, 0.5) is 0 Å². The van der Waals surface area contributed by atoms with Gasteiger partial charge in [0.05, 0.1) is 18.1 Å². The van der Waals surface area contributed by atoms with Gasteiger partial charge in [0.25, 0.3) is 0 Å². The Bertz CT molecular complexity index is 650. The SMILES string of the molecule is CC(C)Oc1ccc(C2CN(Cc3cncn3C)CCN2C)cc1. The van der Waals surface area contributed by atoms with Crippen LogP contribution >= 0.6 is 0 Å². The van der Waals surface area contributed by atoms with Gasteiger partial charge in [-0.3, -0.25) is 9.80 Å². The van der Waals surface area contributed by atoms with E-state index in [1.54, 1.807) is 0 Å². The Hall–Kier alpha value is -1.85. The Morgan fingerprint density at radius 3 is 2.54 bits per heavy atom. The van der Waals surface area contributed by atoms with Crippen LogP contribution < -0.4 is 4.74 Å². The molecule has 1 atom stereocenters. The standard InChI is InChI=1S/C19H28N4O/c1-15(2)24-18-7-5-16(6-8-18)19-13-23(10-9-21(19)3)12-17-11-20-14-22(17)4/h5-8,11,14-15,19H,9-10,12-13H2,1-4H3. The summed E-state index contributed by atoms with van der Waals surface area (Å²) in [6.45, 7) is 8.26. The molecule has 2 aromatic rings. The molecule has 0 saturated carbocycles. The number of likely N-dealkylation sites (N-methyl/N-ethyl adjacent to an activating group) is 1. The van der Waals surface area contributed by atoms with E-state index >= 15 is 0 Å². The van der Waals surface area contributed by atoms with E-state index in [-0.39, 0.29) is 6.10 Å². The third kappa shape index (κ3) is 3.97. The highest BCUT2D eigenvalue weighted by Crippen LogP contribution is 2.26. The fourth-order valence-electron chi connectivity index (χ4n) is 3.24. The number of aromatic nitrogens is 2. The molecule has 1 saturated heterocycles. The molecule has 5 nitrogen and oxygen atoms in total. The number of nitrogens with zero attached hydrogens (tertiary/aromatic N) is 4. The second kappa shape index (κ2) is 7.36. The van der Waals surface area contributed by atoms with Crippen molar-refractivity contribution in [2.24, 2.45) is 7.05 Å². The second-order valence-corrected chi connectivity index (χ2v) is 6.96. The van der Waals surface area contributed by atoms with Crippen molar-refractivity contribution in [1.29, 1.82) is 0 Å². The third-order valence-corrected chi connectivity index (χ3v) is 4.67. The number of piperazine rings is 1. The maximum Gasteiger partial charge on any atom is 0.119 e. The maximum atomic E-state index is 5.75. The summed E-state index contributed by atoms with van der Waals surface area (Å²) in [5, 5.41) is 0. The van der Waals surface area contributed by atoms with Gasteiger partial charge < -0.3 is 9.30 Å². The van der Waals surface area contributed by atoms with E-state index in [1.807, 2.05) is 12.5 Å². The summed E-state index contributed by atoms with van der Waals surface area (Å²) in [5.41, 5.74) is 2.61. The number of hydrogen-bond donors (Lipinski definition) is 0. The second-order valence-electron chi connectivity index (χ2n) is 6.96. The van der Waals surface area contributed by atoms with Gasteiger partial charge in [-0.1, -0.05) is 12.1 Å². The molecule has 1 aromatic heterocycles. The van der Waals surface area contributed by atoms with Gasteiger partial charge in [0.2, 0.25) is 0 Å². The highest BCUT2D eigenvalue weighted by atomic mass is 16.5. The predicted molar refractivity (Wildman–Crippen MR) is 96.1 cm³/mol. The lowest BCUT2D eigenvalue weighted by Crippen LogP contribution is -2.46. The lowest BCUT2D eigenvalue weighted by Gasteiger charge is -2.39. The van der Waals surface area contributed by atoms with Crippen LogP contribution in [0.2, 0.25) is 0 Å². The topological polar surface area (TPSA) is 33.5 Å². The molecule has 0 N–H and O–H groups in total. The molecule has 1 fully saturated rings. The first kappa shape index (κ1) is 17.0. The Labute approximate surface area is 144 Å². The van der Waals surface area contributed by atoms with Crippen molar-refractivity contribution < 1.29 is 4.74 Å². The first-order valence-corrected chi connectivity index (χ1v) is 8.67. The highest BCUT2D eigenvalue weighted by molar-refractivity contribution is 5.30. The van der Waals surface area contributed by atoms with Gasteiger partial charge >= 0.3 is 0 Å². The minimum absolute atomic E-state index is 0.211. The van der Waals surface area contributed by atoms with E-state index in [0.29, 0.717) is 6.04 Å². The van der Waals surface area contributed by atoms with Crippen LogP contribution in [0.5, 0.6) is 5.75 Å². The van der Waals surface area contributed by atoms with Crippen LogP contribution in [0, 0.1) is 0 Å². The molecule has 0 radical (unpaired) electrons. The van der Waals surface area contributed by atoms with Crippen LogP contribution in [-0.2, 0) is 13.6 Å². The minimum atomic E-state index is 0.211. The molecule has 130 valence electrons. The largest absolute Gasteiger partial charge is 0.491 e. The molecule has 1 aromatic carbocycles. The fourth-order valence-corrected chi connectivity index (χ4v) is 3.24. The molecule has 0 amide bonds. The molecule has 3 rings (SSSR count). The van der Waals surface area contributed by atoms with Crippen molar-refractivity contribution in [2.75, 3.05) is 26.7 Å². The molecule has 0 spiro atoms. The summed E-state index contributed by atoms with van der Waals surface area (Å²) < 4.78 is 7.86. The first-order valence-electron chi connectivity index (χ1n) is 8.67. The normalized spacial score (nSPS) is 19.8. The average Bonchev–Trinajstić information content (AvgIpc) is 2.95. The van der Waals surface area contributed by atoms with Crippen molar-refractivity contribution in [3.8, 4) is 5.75 Å². The number of aryl methyl sites for hydroxylation is 1. The molecule has 1 unspecified atom stereocenters. The Kier molecular flexibility index (Phi) is 5.21. The van der Waals surface area contributed by atoms with Crippen LogP contribution in [0.3, 0.4) is 0 Å². The Morgan fingerprint density at radius 1 is 1.17 bits per heavy atom. The summed E-state index contributed by atoms with van der Waals surface area (Å²) in [4.78, 5) is 9.18. The monoisotopic (exact) mass is 328 g/mol. The van der Waals surface area contributed by atoms with Crippen molar-refractivity contribution in [3.63, 3.8) is 0 Å². The molecular weight excluding hydrogens is 300 g/mol. The van der Waals surface area contributed by atoms with Crippen LogP contribution in [0.1, 0.15) is 31.1 Å². The van der Waals surface area contributed by atoms with Gasteiger partial charge in [-0.25, -0.2) is 4.98 Å². The fraction of sp³-hybridized carbons (Fsp3) is 0.526. The van der Waals surface area contributed by atoms with Crippen LogP contribution in [0.15, 0.2) is 36.8 Å². The van der Waals surface area contributed by atoms with E-state index in [1.165, 1.54) is 11.3 Å². The van der Waals surface area contributed by atoms with E-state index in [4.69, 9.17) is 4.74 Å². The van der Waals surface area contributed by atoms with Crippen LogP contribution in [-0.4, -0.2) is 52.1 Å². The predicted octanol–water partition coefficient (Wildman–Crippen LogP) is 2.70. The van der Waals surface area contributed by atoms with Crippen molar-refractivity contribution in [2.45, 2.75) is 32.5 Å². The van der Waals surface area contributed by atoms with Gasteiger partial charge in [-0.15, -0.1) is 0 Å². The van der Waals surface area contributed by atoms with Gasteiger partial charge in [0.1, 0.15) is 5.75 Å². The molecule has 1 aliphatic heterocycles. The zero-order valence-electron chi connectivity index (χ0n) is 15.1. The quantitative estimate of drug-likeness (QED) is 0.845. The smallest absolute Gasteiger partial charge is 0.119 e. The van der Waals surface area contributed by atoms with Crippen molar-refractivity contribution in [1.82, 2.24) is 19.4 Å². The molecule has 0 bridgehead atoms.